The molecular formula is C18H21ClFN5O2. The number of anilines is 1. The first-order valence-electron chi connectivity index (χ1n) is 9.10. The summed E-state index contributed by atoms with van der Waals surface area (Å²) in [5.41, 5.74) is 0.0346. The summed E-state index contributed by atoms with van der Waals surface area (Å²) in [6, 6.07) is 3.08. The second-order valence-corrected chi connectivity index (χ2v) is 7.20. The van der Waals surface area contributed by atoms with Crippen molar-refractivity contribution in [3.8, 4) is 11.4 Å². The van der Waals surface area contributed by atoms with Crippen molar-refractivity contribution in [3.05, 3.63) is 39.7 Å². The summed E-state index contributed by atoms with van der Waals surface area (Å²) in [7, 11) is 0. The summed E-state index contributed by atoms with van der Waals surface area (Å²) in [6.07, 6.45) is 3.37. The summed E-state index contributed by atoms with van der Waals surface area (Å²) in [4.78, 5) is 27.6. The zero-order chi connectivity index (χ0) is 18.8. The number of rotatable bonds is 4. The first kappa shape index (κ1) is 18.3. The summed E-state index contributed by atoms with van der Waals surface area (Å²) in [5, 5.41) is 0.0714. The summed E-state index contributed by atoms with van der Waals surface area (Å²) in [6.45, 7) is 4.97. The molecule has 144 valence electrons. The van der Waals surface area contributed by atoms with Crippen LogP contribution >= 0.6 is 11.6 Å². The number of morpholine rings is 1. The van der Waals surface area contributed by atoms with Crippen LogP contribution in [0.15, 0.2) is 23.1 Å². The van der Waals surface area contributed by atoms with E-state index in [1.54, 1.807) is 6.07 Å². The number of aromatic amines is 1. The monoisotopic (exact) mass is 393 g/mol. The lowest BCUT2D eigenvalue weighted by molar-refractivity contribution is 0.0354. The number of H-pyrrole nitrogens is 1. The van der Waals surface area contributed by atoms with Gasteiger partial charge >= 0.3 is 0 Å². The van der Waals surface area contributed by atoms with Crippen molar-refractivity contribution in [2.75, 3.05) is 44.3 Å². The Hall–Kier alpha value is -2.03. The zero-order valence-electron chi connectivity index (χ0n) is 14.8. The molecule has 0 spiro atoms. The van der Waals surface area contributed by atoms with E-state index in [9.17, 15) is 9.18 Å². The second-order valence-electron chi connectivity index (χ2n) is 6.82. The number of ether oxygens (including phenoxy) is 1. The Labute approximate surface area is 161 Å². The van der Waals surface area contributed by atoms with E-state index in [2.05, 4.69) is 24.8 Å². The molecule has 2 aromatic rings. The van der Waals surface area contributed by atoms with Gasteiger partial charge in [0, 0.05) is 50.0 Å². The molecule has 9 heteroatoms. The third kappa shape index (κ3) is 3.97. The van der Waals surface area contributed by atoms with E-state index in [1.165, 1.54) is 12.3 Å². The fraction of sp³-hybridized carbons (Fsp3) is 0.500. The van der Waals surface area contributed by atoms with E-state index in [0.717, 1.165) is 52.2 Å². The van der Waals surface area contributed by atoms with Crippen LogP contribution in [-0.4, -0.2) is 65.3 Å². The first-order chi connectivity index (χ1) is 13.1. The zero-order valence-corrected chi connectivity index (χ0v) is 15.6. The maximum absolute atomic E-state index is 13.5. The van der Waals surface area contributed by atoms with Crippen LogP contribution in [0.5, 0.6) is 0 Å². The van der Waals surface area contributed by atoms with E-state index < -0.39 is 11.5 Å². The van der Waals surface area contributed by atoms with E-state index in [-0.39, 0.29) is 16.9 Å². The number of aromatic nitrogens is 3. The number of nitrogens with zero attached hydrogens (tertiary/aromatic N) is 4. The van der Waals surface area contributed by atoms with Gasteiger partial charge in [-0.3, -0.25) is 9.69 Å². The van der Waals surface area contributed by atoms with Gasteiger partial charge in [-0.15, -0.1) is 0 Å². The number of pyridine rings is 1. The smallest absolute Gasteiger partial charge is 0.272 e. The summed E-state index contributed by atoms with van der Waals surface area (Å²) >= 11 is 6.30. The molecule has 1 atom stereocenters. The highest BCUT2D eigenvalue weighted by atomic mass is 35.5. The van der Waals surface area contributed by atoms with Gasteiger partial charge in [0.15, 0.2) is 5.82 Å². The molecule has 1 unspecified atom stereocenters. The Morgan fingerprint density at radius 3 is 2.93 bits per heavy atom. The van der Waals surface area contributed by atoms with Gasteiger partial charge in [-0.25, -0.2) is 9.97 Å². The van der Waals surface area contributed by atoms with Crippen LogP contribution in [0.25, 0.3) is 11.4 Å². The predicted molar refractivity (Wildman–Crippen MR) is 101 cm³/mol. The van der Waals surface area contributed by atoms with Crippen LogP contribution in [0.2, 0.25) is 5.02 Å². The van der Waals surface area contributed by atoms with E-state index in [0.29, 0.717) is 11.4 Å². The van der Waals surface area contributed by atoms with Crippen molar-refractivity contribution >= 4 is 17.4 Å². The molecule has 2 saturated heterocycles. The summed E-state index contributed by atoms with van der Waals surface area (Å²) < 4.78 is 18.9. The second kappa shape index (κ2) is 7.92. The molecular weight excluding hydrogens is 373 g/mol. The number of hydrogen-bond acceptors (Lipinski definition) is 6. The molecule has 1 N–H and O–H groups in total. The van der Waals surface area contributed by atoms with Gasteiger partial charge in [0.25, 0.3) is 5.56 Å². The molecule has 2 fully saturated rings. The van der Waals surface area contributed by atoms with E-state index >= 15 is 0 Å². The maximum atomic E-state index is 13.5. The molecule has 2 aliphatic heterocycles. The normalized spacial score (nSPS) is 21.0. The van der Waals surface area contributed by atoms with Crippen molar-refractivity contribution < 1.29 is 9.13 Å². The van der Waals surface area contributed by atoms with E-state index in [4.69, 9.17) is 16.3 Å². The minimum atomic E-state index is -0.627. The summed E-state index contributed by atoms with van der Waals surface area (Å²) in [5.74, 6) is 0.124. The minimum absolute atomic E-state index is 0.0714. The van der Waals surface area contributed by atoms with Gasteiger partial charge in [-0.2, -0.15) is 4.39 Å². The molecule has 7 nitrogen and oxygen atoms in total. The standard InChI is InChI=1S/C18H21ClFN5O2/c19-15-17(22-16(23-18(15)26)12-3-4-21-14(20)10-12)25-5-1-2-13(25)11-24-6-8-27-9-7-24/h3-4,10,13H,1-2,5-9,11H2,(H,22,23,26). The van der Waals surface area contributed by atoms with Crippen molar-refractivity contribution in [1.29, 1.82) is 0 Å². The molecule has 0 radical (unpaired) electrons. The minimum Gasteiger partial charge on any atom is -0.379 e. The highest BCUT2D eigenvalue weighted by Crippen LogP contribution is 2.30. The highest BCUT2D eigenvalue weighted by molar-refractivity contribution is 6.32. The molecule has 2 aromatic heterocycles. The topological polar surface area (TPSA) is 74.4 Å². The number of halogens is 2. The molecule has 27 heavy (non-hydrogen) atoms. The largest absolute Gasteiger partial charge is 0.379 e. The Balaban J connectivity index is 1.64. The third-order valence-corrected chi connectivity index (χ3v) is 5.41. The third-order valence-electron chi connectivity index (χ3n) is 5.07. The van der Waals surface area contributed by atoms with Gasteiger partial charge in [0.1, 0.15) is 10.8 Å². The maximum Gasteiger partial charge on any atom is 0.272 e. The van der Waals surface area contributed by atoms with Crippen LogP contribution < -0.4 is 10.5 Å². The van der Waals surface area contributed by atoms with Crippen LogP contribution in [0.3, 0.4) is 0 Å². The lowest BCUT2D eigenvalue weighted by Crippen LogP contribution is -2.45. The van der Waals surface area contributed by atoms with Crippen molar-refractivity contribution in [3.63, 3.8) is 0 Å². The fourth-order valence-corrected chi connectivity index (χ4v) is 3.91. The fourth-order valence-electron chi connectivity index (χ4n) is 3.71. The SMILES string of the molecule is O=c1[nH]c(-c2ccnc(F)c2)nc(N2CCCC2CN2CCOCC2)c1Cl. The van der Waals surface area contributed by atoms with Gasteiger partial charge in [-0.1, -0.05) is 11.6 Å². The molecule has 4 heterocycles. The van der Waals surface area contributed by atoms with Crippen LogP contribution in [0.1, 0.15) is 12.8 Å². The average molecular weight is 394 g/mol. The molecule has 0 saturated carbocycles. The van der Waals surface area contributed by atoms with Gasteiger partial charge in [0.05, 0.1) is 13.2 Å². The van der Waals surface area contributed by atoms with Crippen LogP contribution in [0.4, 0.5) is 10.2 Å². The van der Waals surface area contributed by atoms with Crippen LogP contribution in [-0.2, 0) is 4.74 Å². The Bertz CT molecular complexity index is 871. The molecule has 0 amide bonds. The number of hydrogen-bond donors (Lipinski definition) is 1. The van der Waals surface area contributed by atoms with Crippen molar-refractivity contribution in [1.82, 2.24) is 19.9 Å². The van der Waals surface area contributed by atoms with Gasteiger partial charge in [0.2, 0.25) is 5.95 Å². The lowest BCUT2D eigenvalue weighted by Gasteiger charge is -2.33. The Morgan fingerprint density at radius 2 is 2.15 bits per heavy atom. The predicted octanol–water partition coefficient (Wildman–Crippen LogP) is 1.93. The molecule has 2 aliphatic rings. The lowest BCUT2D eigenvalue weighted by atomic mass is 10.2. The Kier molecular flexibility index (Phi) is 5.38. The van der Waals surface area contributed by atoms with Gasteiger partial charge < -0.3 is 14.6 Å². The molecule has 0 aliphatic carbocycles. The van der Waals surface area contributed by atoms with Crippen molar-refractivity contribution in [2.45, 2.75) is 18.9 Å². The highest BCUT2D eigenvalue weighted by Gasteiger charge is 2.30. The molecule has 0 bridgehead atoms. The van der Waals surface area contributed by atoms with Crippen molar-refractivity contribution in [2.24, 2.45) is 0 Å². The van der Waals surface area contributed by atoms with Crippen LogP contribution in [0, 0.1) is 5.95 Å². The molecule has 0 aromatic carbocycles. The van der Waals surface area contributed by atoms with E-state index in [1.807, 2.05) is 0 Å². The Morgan fingerprint density at radius 1 is 1.33 bits per heavy atom. The average Bonchev–Trinajstić information content (AvgIpc) is 3.12. The molecule has 4 rings (SSSR count). The first-order valence-corrected chi connectivity index (χ1v) is 9.48. The number of nitrogens with one attached hydrogen (secondary N) is 1. The quantitative estimate of drug-likeness (QED) is 0.800. The van der Waals surface area contributed by atoms with Gasteiger partial charge in [-0.05, 0) is 18.9 Å².